The van der Waals surface area contributed by atoms with Crippen molar-refractivity contribution in [1.82, 2.24) is 15.2 Å². The van der Waals surface area contributed by atoms with Crippen molar-refractivity contribution in [2.45, 2.75) is 0 Å². The summed E-state index contributed by atoms with van der Waals surface area (Å²) in [5.41, 5.74) is 5.89. The monoisotopic (exact) mass is 456 g/mol. The predicted molar refractivity (Wildman–Crippen MR) is 130 cm³/mol. The van der Waals surface area contributed by atoms with E-state index in [2.05, 4.69) is 15.6 Å². The van der Waals surface area contributed by atoms with Crippen molar-refractivity contribution in [3.8, 4) is 34.2 Å². The number of hydrogen-bond acceptors (Lipinski definition) is 6. The van der Waals surface area contributed by atoms with E-state index in [0.717, 1.165) is 11.3 Å². The highest BCUT2D eigenvalue weighted by atomic mass is 16.5. The molecule has 172 valence electrons. The van der Waals surface area contributed by atoms with Crippen LogP contribution >= 0.6 is 0 Å². The fraction of sp³-hybridized carbons (Fsp3) is 0.115. The molecule has 1 heterocycles. The molecule has 0 fully saturated rings. The van der Waals surface area contributed by atoms with Crippen molar-refractivity contribution >= 4 is 12.1 Å². The molecule has 0 bridgehead atoms. The molecule has 0 spiro atoms. The van der Waals surface area contributed by atoms with E-state index in [9.17, 15) is 4.79 Å². The van der Waals surface area contributed by atoms with E-state index in [0.29, 0.717) is 34.1 Å². The van der Waals surface area contributed by atoms with Crippen LogP contribution in [0.4, 0.5) is 0 Å². The SMILES string of the molecule is COc1cc(C=NNC(=O)c2cn(-c3ccccc3)nc2-c2ccccc2)cc(OC)c1OC. The molecule has 8 nitrogen and oxygen atoms in total. The third-order valence-corrected chi connectivity index (χ3v) is 5.09. The Balaban J connectivity index is 1.62. The molecule has 0 unspecified atom stereocenters. The molecular formula is C26H24N4O4. The van der Waals surface area contributed by atoms with Gasteiger partial charge in [-0.2, -0.15) is 10.2 Å². The summed E-state index contributed by atoms with van der Waals surface area (Å²) in [5.74, 6) is 1.08. The molecule has 4 aromatic rings. The van der Waals surface area contributed by atoms with E-state index in [1.807, 2.05) is 60.7 Å². The van der Waals surface area contributed by atoms with Crippen LogP contribution in [0.1, 0.15) is 15.9 Å². The standard InChI is InChI=1S/C26H24N4O4/c1-32-22-14-18(15-23(33-2)25(22)34-3)16-27-28-26(31)21-17-30(20-12-8-5-9-13-20)29-24(21)19-10-6-4-7-11-19/h4-17H,1-3H3,(H,28,31). The molecule has 0 aliphatic rings. The lowest BCUT2D eigenvalue weighted by Gasteiger charge is -2.12. The van der Waals surface area contributed by atoms with Gasteiger partial charge in [0.2, 0.25) is 5.75 Å². The van der Waals surface area contributed by atoms with E-state index in [-0.39, 0.29) is 5.91 Å². The summed E-state index contributed by atoms with van der Waals surface area (Å²) in [6.07, 6.45) is 3.20. The zero-order chi connectivity index (χ0) is 23.9. The van der Waals surface area contributed by atoms with Gasteiger partial charge in [0, 0.05) is 17.3 Å². The summed E-state index contributed by atoms with van der Waals surface area (Å²) in [7, 11) is 4.61. The first-order chi connectivity index (χ1) is 16.6. The zero-order valence-corrected chi connectivity index (χ0v) is 19.1. The van der Waals surface area contributed by atoms with Gasteiger partial charge in [0.15, 0.2) is 11.5 Å². The lowest BCUT2D eigenvalue weighted by atomic mass is 10.1. The van der Waals surface area contributed by atoms with Gasteiger partial charge >= 0.3 is 0 Å². The number of nitrogens with one attached hydrogen (secondary N) is 1. The summed E-state index contributed by atoms with van der Waals surface area (Å²) in [5, 5.41) is 8.79. The van der Waals surface area contributed by atoms with Crippen molar-refractivity contribution in [2.24, 2.45) is 5.10 Å². The Labute approximate surface area is 197 Å². The maximum atomic E-state index is 13.1. The lowest BCUT2D eigenvalue weighted by molar-refractivity contribution is 0.0955. The van der Waals surface area contributed by atoms with Crippen LogP contribution in [0.3, 0.4) is 0 Å². The minimum atomic E-state index is -0.385. The number of ether oxygens (including phenoxy) is 3. The second-order valence-corrected chi connectivity index (χ2v) is 7.20. The van der Waals surface area contributed by atoms with E-state index in [1.165, 1.54) is 27.5 Å². The number of aromatic nitrogens is 2. The highest BCUT2D eigenvalue weighted by Gasteiger charge is 2.18. The molecule has 0 aliphatic carbocycles. The maximum Gasteiger partial charge on any atom is 0.275 e. The van der Waals surface area contributed by atoms with E-state index in [1.54, 1.807) is 23.0 Å². The van der Waals surface area contributed by atoms with Gasteiger partial charge in [0.1, 0.15) is 5.69 Å². The Morgan fingerprint density at radius 2 is 1.53 bits per heavy atom. The number of rotatable bonds is 8. The Bertz CT molecular complexity index is 1280. The average molecular weight is 457 g/mol. The third-order valence-electron chi connectivity index (χ3n) is 5.09. The quantitative estimate of drug-likeness (QED) is 0.315. The van der Waals surface area contributed by atoms with Crippen LogP contribution in [0, 0.1) is 0 Å². The number of amides is 1. The number of nitrogens with zero attached hydrogens (tertiary/aromatic N) is 3. The highest BCUT2D eigenvalue weighted by molar-refractivity contribution is 6.00. The van der Waals surface area contributed by atoms with E-state index >= 15 is 0 Å². The summed E-state index contributed by atoms with van der Waals surface area (Å²) in [6, 6.07) is 22.6. The van der Waals surface area contributed by atoms with Crippen molar-refractivity contribution in [1.29, 1.82) is 0 Å². The largest absolute Gasteiger partial charge is 0.493 e. The van der Waals surface area contributed by atoms with E-state index in [4.69, 9.17) is 14.2 Å². The first-order valence-corrected chi connectivity index (χ1v) is 10.5. The molecule has 4 rings (SSSR count). The van der Waals surface area contributed by atoms with Crippen molar-refractivity contribution < 1.29 is 19.0 Å². The Kier molecular flexibility index (Phi) is 6.88. The van der Waals surface area contributed by atoms with Crippen molar-refractivity contribution in [3.63, 3.8) is 0 Å². The van der Waals surface area contributed by atoms with Crippen LogP contribution in [0.15, 0.2) is 84.1 Å². The summed E-state index contributed by atoms with van der Waals surface area (Å²) >= 11 is 0. The van der Waals surface area contributed by atoms with Gasteiger partial charge in [-0.25, -0.2) is 10.1 Å². The number of hydrogen-bond donors (Lipinski definition) is 1. The van der Waals surface area contributed by atoms with Gasteiger partial charge in [-0.05, 0) is 24.3 Å². The number of methoxy groups -OCH3 is 3. The maximum absolute atomic E-state index is 13.1. The minimum absolute atomic E-state index is 0.385. The van der Waals surface area contributed by atoms with Crippen LogP contribution in [0.25, 0.3) is 16.9 Å². The highest BCUT2D eigenvalue weighted by Crippen LogP contribution is 2.37. The van der Waals surface area contributed by atoms with Crippen LogP contribution in [0.5, 0.6) is 17.2 Å². The summed E-state index contributed by atoms with van der Waals surface area (Å²) < 4.78 is 17.7. The number of hydrazone groups is 1. The lowest BCUT2D eigenvalue weighted by Crippen LogP contribution is -2.18. The topological polar surface area (TPSA) is 87.0 Å². The molecule has 8 heteroatoms. The Morgan fingerprint density at radius 3 is 2.12 bits per heavy atom. The van der Waals surface area contributed by atoms with Crippen molar-refractivity contribution in [2.75, 3.05) is 21.3 Å². The number of carbonyl (C=O) groups excluding carboxylic acids is 1. The van der Waals surface area contributed by atoms with Crippen LogP contribution in [0.2, 0.25) is 0 Å². The first-order valence-electron chi connectivity index (χ1n) is 10.5. The zero-order valence-electron chi connectivity index (χ0n) is 19.1. The smallest absolute Gasteiger partial charge is 0.275 e. The molecule has 1 amide bonds. The number of carbonyl (C=O) groups is 1. The molecule has 0 radical (unpaired) electrons. The molecule has 3 aromatic carbocycles. The van der Waals surface area contributed by atoms with Gasteiger partial charge in [0.05, 0.1) is 38.8 Å². The first kappa shape index (κ1) is 22.6. The molecule has 0 atom stereocenters. The number of para-hydroxylation sites is 1. The summed E-state index contributed by atoms with van der Waals surface area (Å²) in [4.78, 5) is 13.1. The molecular weight excluding hydrogens is 432 g/mol. The van der Waals surface area contributed by atoms with Crippen LogP contribution in [-0.4, -0.2) is 43.2 Å². The molecule has 0 saturated carbocycles. The van der Waals surface area contributed by atoms with Crippen LogP contribution in [-0.2, 0) is 0 Å². The van der Waals surface area contributed by atoms with Gasteiger partial charge in [0.25, 0.3) is 5.91 Å². The summed E-state index contributed by atoms with van der Waals surface area (Å²) in [6.45, 7) is 0. The van der Waals surface area contributed by atoms with Gasteiger partial charge in [-0.1, -0.05) is 48.5 Å². The molecule has 1 N–H and O–H groups in total. The second kappa shape index (κ2) is 10.4. The molecule has 0 saturated heterocycles. The van der Waals surface area contributed by atoms with Crippen molar-refractivity contribution in [3.05, 3.63) is 90.1 Å². The van der Waals surface area contributed by atoms with Crippen LogP contribution < -0.4 is 19.6 Å². The second-order valence-electron chi connectivity index (χ2n) is 7.20. The third kappa shape index (κ3) is 4.75. The minimum Gasteiger partial charge on any atom is -0.493 e. The average Bonchev–Trinajstić information content (AvgIpc) is 3.35. The fourth-order valence-corrected chi connectivity index (χ4v) is 3.46. The molecule has 1 aromatic heterocycles. The predicted octanol–water partition coefficient (Wildman–Crippen LogP) is 4.33. The Morgan fingerprint density at radius 1 is 0.912 bits per heavy atom. The van der Waals surface area contributed by atoms with E-state index < -0.39 is 0 Å². The Hall–Kier alpha value is -4.59. The normalized spacial score (nSPS) is 10.8. The molecule has 34 heavy (non-hydrogen) atoms. The molecule has 0 aliphatic heterocycles. The van der Waals surface area contributed by atoms with Gasteiger partial charge < -0.3 is 14.2 Å². The fourth-order valence-electron chi connectivity index (χ4n) is 3.46. The van der Waals surface area contributed by atoms with Gasteiger partial charge in [-0.3, -0.25) is 4.79 Å². The van der Waals surface area contributed by atoms with Gasteiger partial charge in [-0.15, -0.1) is 0 Å². The number of benzene rings is 3.